The fourth-order valence-corrected chi connectivity index (χ4v) is 1.70. The molecule has 2 aromatic rings. The second-order valence-corrected chi connectivity index (χ2v) is 4.11. The molecule has 2 nitrogen and oxygen atoms in total. The van der Waals surface area contributed by atoms with Crippen LogP contribution >= 0.6 is 0 Å². The van der Waals surface area contributed by atoms with Gasteiger partial charge >= 0.3 is 6.36 Å². The average molecular weight is 303 g/mol. The first-order valence-corrected chi connectivity index (χ1v) is 5.88. The van der Waals surface area contributed by atoms with Crippen LogP contribution < -0.4 is 10.1 Å². The quantitative estimate of drug-likeness (QED) is 0.841. The second kappa shape index (κ2) is 5.99. The van der Waals surface area contributed by atoms with Crippen LogP contribution in [-0.4, -0.2) is 6.36 Å². The molecule has 1 N–H and O–H groups in total. The third kappa shape index (κ3) is 4.08. The van der Waals surface area contributed by atoms with E-state index in [1.807, 2.05) is 0 Å². The van der Waals surface area contributed by atoms with E-state index >= 15 is 0 Å². The lowest BCUT2D eigenvalue weighted by Crippen LogP contribution is -2.18. The Morgan fingerprint density at radius 1 is 0.952 bits per heavy atom. The minimum absolute atomic E-state index is 0.142. The predicted molar refractivity (Wildman–Crippen MR) is 66.8 cm³/mol. The number of hydrogen-bond donors (Lipinski definition) is 1. The van der Waals surface area contributed by atoms with E-state index in [0.29, 0.717) is 0 Å². The van der Waals surface area contributed by atoms with E-state index in [0.717, 1.165) is 12.1 Å². The van der Waals surface area contributed by atoms with Crippen LogP contribution in [0.3, 0.4) is 0 Å². The highest BCUT2D eigenvalue weighted by atomic mass is 19.4. The Labute approximate surface area is 117 Å². The first kappa shape index (κ1) is 15.1. The van der Waals surface area contributed by atoms with Crippen molar-refractivity contribution in [3.8, 4) is 5.75 Å². The van der Waals surface area contributed by atoms with Gasteiger partial charge in [-0.2, -0.15) is 0 Å². The van der Waals surface area contributed by atoms with Gasteiger partial charge in [-0.05, 0) is 18.2 Å². The van der Waals surface area contributed by atoms with Crippen molar-refractivity contribution in [3.05, 3.63) is 59.7 Å². The summed E-state index contributed by atoms with van der Waals surface area (Å²) in [6.07, 6.45) is -4.82. The molecule has 0 spiro atoms. The van der Waals surface area contributed by atoms with E-state index in [-0.39, 0.29) is 17.8 Å². The van der Waals surface area contributed by atoms with Crippen LogP contribution in [0.1, 0.15) is 5.56 Å². The van der Waals surface area contributed by atoms with Crippen LogP contribution in [0.25, 0.3) is 0 Å². The van der Waals surface area contributed by atoms with Gasteiger partial charge in [0.25, 0.3) is 0 Å². The number of benzene rings is 2. The van der Waals surface area contributed by atoms with E-state index in [4.69, 9.17) is 0 Å². The summed E-state index contributed by atoms with van der Waals surface area (Å²) in [7, 11) is 0. The van der Waals surface area contributed by atoms with Crippen LogP contribution in [0.5, 0.6) is 5.75 Å². The van der Waals surface area contributed by atoms with Crippen LogP contribution in [0.2, 0.25) is 0 Å². The first-order chi connectivity index (χ1) is 9.87. The zero-order chi connectivity index (χ0) is 15.5. The standard InChI is InChI=1S/C14H10F5NO/c15-10-5-3-6-11(13(10)16)20-8-9-4-1-2-7-12(9)21-14(17,18)19/h1-7,20H,8H2. The van der Waals surface area contributed by atoms with E-state index in [2.05, 4.69) is 10.1 Å². The number of hydrogen-bond acceptors (Lipinski definition) is 2. The Kier molecular flexibility index (Phi) is 4.30. The van der Waals surface area contributed by atoms with Gasteiger partial charge in [0.05, 0.1) is 5.69 Å². The number of alkyl halides is 3. The molecule has 7 heteroatoms. The van der Waals surface area contributed by atoms with Crippen molar-refractivity contribution in [2.45, 2.75) is 12.9 Å². The molecule has 0 fully saturated rings. The van der Waals surface area contributed by atoms with Gasteiger partial charge in [-0.25, -0.2) is 8.78 Å². The summed E-state index contributed by atoms with van der Waals surface area (Å²) in [6, 6.07) is 8.96. The molecule has 0 saturated carbocycles. The zero-order valence-electron chi connectivity index (χ0n) is 10.5. The summed E-state index contributed by atoms with van der Waals surface area (Å²) in [5, 5.41) is 2.53. The monoisotopic (exact) mass is 303 g/mol. The number of rotatable bonds is 4. The Hall–Kier alpha value is -2.31. The van der Waals surface area contributed by atoms with Crippen molar-refractivity contribution in [1.82, 2.24) is 0 Å². The molecule has 112 valence electrons. The molecule has 0 unspecified atom stereocenters. The second-order valence-electron chi connectivity index (χ2n) is 4.11. The molecule has 21 heavy (non-hydrogen) atoms. The summed E-state index contributed by atoms with van der Waals surface area (Å²) in [4.78, 5) is 0. The van der Waals surface area contributed by atoms with Crippen molar-refractivity contribution in [2.24, 2.45) is 0 Å². The number of halogens is 5. The lowest BCUT2D eigenvalue weighted by Gasteiger charge is -2.14. The van der Waals surface area contributed by atoms with Crippen molar-refractivity contribution in [1.29, 1.82) is 0 Å². The highest BCUT2D eigenvalue weighted by Crippen LogP contribution is 2.27. The van der Waals surface area contributed by atoms with Gasteiger partial charge in [-0.15, -0.1) is 13.2 Å². The van der Waals surface area contributed by atoms with E-state index in [9.17, 15) is 22.0 Å². The molecule has 0 aliphatic carbocycles. The molecule has 0 amide bonds. The lowest BCUT2D eigenvalue weighted by atomic mass is 10.2. The Balaban J connectivity index is 2.15. The van der Waals surface area contributed by atoms with Gasteiger partial charge in [-0.1, -0.05) is 24.3 Å². The van der Waals surface area contributed by atoms with Gasteiger partial charge < -0.3 is 10.1 Å². The van der Waals surface area contributed by atoms with Crippen molar-refractivity contribution >= 4 is 5.69 Å². The molecule has 0 aromatic heterocycles. The molecule has 2 rings (SSSR count). The fraction of sp³-hybridized carbons (Fsp3) is 0.143. The maximum atomic E-state index is 13.4. The van der Waals surface area contributed by atoms with Gasteiger partial charge in [0.1, 0.15) is 5.75 Å². The number of para-hydroxylation sites is 1. The summed E-state index contributed by atoms with van der Waals surface area (Å²) in [5.74, 6) is -2.53. The Morgan fingerprint density at radius 3 is 2.38 bits per heavy atom. The summed E-state index contributed by atoms with van der Waals surface area (Å²) >= 11 is 0. The molecule has 0 aliphatic rings. The van der Waals surface area contributed by atoms with Crippen molar-refractivity contribution < 1.29 is 26.7 Å². The minimum atomic E-state index is -4.82. The van der Waals surface area contributed by atoms with Crippen molar-refractivity contribution in [3.63, 3.8) is 0 Å². The predicted octanol–water partition coefficient (Wildman–Crippen LogP) is 4.48. The average Bonchev–Trinajstić information content (AvgIpc) is 2.40. The van der Waals surface area contributed by atoms with Gasteiger partial charge in [0, 0.05) is 12.1 Å². The molecular formula is C14H10F5NO. The van der Waals surface area contributed by atoms with Crippen LogP contribution in [0, 0.1) is 11.6 Å². The SMILES string of the molecule is Fc1cccc(NCc2ccccc2OC(F)(F)F)c1F. The zero-order valence-corrected chi connectivity index (χ0v) is 10.5. The number of ether oxygens (including phenoxy) is 1. The minimum Gasteiger partial charge on any atom is -0.405 e. The smallest absolute Gasteiger partial charge is 0.405 e. The molecule has 0 radical (unpaired) electrons. The van der Waals surface area contributed by atoms with Gasteiger partial charge in [0.2, 0.25) is 0 Å². The highest BCUT2D eigenvalue weighted by Gasteiger charge is 2.31. The van der Waals surface area contributed by atoms with Gasteiger partial charge in [0.15, 0.2) is 11.6 Å². The molecule has 0 atom stereocenters. The molecule has 0 heterocycles. The van der Waals surface area contributed by atoms with Crippen molar-refractivity contribution in [2.75, 3.05) is 5.32 Å². The Bertz CT molecular complexity index is 627. The fourth-order valence-electron chi connectivity index (χ4n) is 1.70. The normalized spacial score (nSPS) is 11.3. The van der Waals surface area contributed by atoms with Crippen LogP contribution in [0.4, 0.5) is 27.6 Å². The molecule has 0 aliphatic heterocycles. The maximum Gasteiger partial charge on any atom is 0.573 e. The van der Waals surface area contributed by atoms with E-state index < -0.39 is 23.7 Å². The van der Waals surface area contributed by atoms with E-state index in [1.165, 1.54) is 30.3 Å². The van der Waals surface area contributed by atoms with Crippen LogP contribution in [-0.2, 0) is 6.54 Å². The Morgan fingerprint density at radius 2 is 1.67 bits per heavy atom. The molecule has 0 bridgehead atoms. The molecule has 2 aromatic carbocycles. The molecular weight excluding hydrogens is 293 g/mol. The maximum absolute atomic E-state index is 13.4. The summed E-state index contributed by atoms with van der Waals surface area (Å²) in [5.41, 5.74) is 0.0234. The lowest BCUT2D eigenvalue weighted by molar-refractivity contribution is -0.274. The summed E-state index contributed by atoms with van der Waals surface area (Å²) < 4.78 is 67.1. The van der Waals surface area contributed by atoms with Gasteiger partial charge in [-0.3, -0.25) is 0 Å². The third-order valence-corrected chi connectivity index (χ3v) is 2.62. The van der Waals surface area contributed by atoms with E-state index in [1.54, 1.807) is 0 Å². The first-order valence-electron chi connectivity index (χ1n) is 5.88. The number of anilines is 1. The topological polar surface area (TPSA) is 21.3 Å². The largest absolute Gasteiger partial charge is 0.573 e. The summed E-state index contributed by atoms with van der Waals surface area (Å²) in [6.45, 7) is -0.146. The highest BCUT2D eigenvalue weighted by molar-refractivity contribution is 5.46. The number of nitrogens with one attached hydrogen (secondary N) is 1. The third-order valence-electron chi connectivity index (χ3n) is 2.62. The molecule has 0 saturated heterocycles. The van der Waals surface area contributed by atoms with Crippen LogP contribution in [0.15, 0.2) is 42.5 Å².